The van der Waals surface area contributed by atoms with Crippen LogP contribution in [0.3, 0.4) is 0 Å². The van der Waals surface area contributed by atoms with Crippen LogP contribution in [0.4, 0.5) is 5.69 Å². The SMILES string of the molecule is COc1ccc(NCC(N)CO)c(C)c1C. The third-order valence-electron chi connectivity index (χ3n) is 2.75. The van der Waals surface area contributed by atoms with E-state index in [1.807, 2.05) is 26.0 Å². The van der Waals surface area contributed by atoms with Gasteiger partial charge in [-0.1, -0.05) is 0 Å². The predicted octanol–water partition coefficient (Wildman–Crippen LogP) is 1.04. The van der Waals surface area contributed by atoms with E-state index >= 15 is 0 Å². The molecule has 4 heteroatoms. The van der Waals surface area contributed by atoms with Crippen LogP contribution < -0.4 is 15.8 Å². The standard InChI is InChI=1S/C12H20N2O2/c1-8-9(2)12(16-3)5-4-11(8)14-6-10(13)7-15/h4-5,10,14-15H,6-7,13H2,1-3H3. The number of hydrogen-bond donors (Lipinski definition) is 3. The molecule has 1 atom stereocenters. The van der Waals surface area contributed by atoms with Crippen molar-refractivity contribution in [1.29, 1.82) is 0 Å². The number of anilines is 1. The highest BCUT2D eigenvalue weighted by molar-refractivity contribution is 5.58. The lowest BCUT2D eigenvalue weighted by molar-refractivity contribution is 0.270. The first-order valence-electron chi connectivity index (χ1n) is 5.34. The molecule has 0 saturated carbocycles. The Bertz CT molecular complexity index is 353. The molecule has 1 aromatic carbocycles. The second-order valence-electron chi connectivity index (χ2n) is 3.89. The molecule has 0 bridgehead atoms. The molecule has 0 radical (unpaired) electrons. The van der Waals surface area contributed by atoms with Crippen molar-refractivity contribution in [3.05, 3.63) is 23.3 Å². The molecule has 0 aliphatic heterocycles. The number of nitrogens with one attached hydrogen (secondary N) is 1. The average molecular weight is 224 g/mol. The number of methoxy groups -OCH3 is 1. The molecule has 0 spiro atoms. The lowest BCUT2D eigenvalue weighted by Gasteiger charge is -2.16. The Hall–Kier alpha value is -1.26. The first-order valence-corrected chi connectivity index (χ1v) is 5.34. The van der Waals surface area contributed by atoms with Gasteiger partial charge in [-0.05, 0) is 37.1 Å². The Morgan fingerprint density at radius 1 is 1.38 bits per heavy atom. The van der Waals surface area contributed by atoms with Crippen molar-refractivity contribution in [3.63, 3.8) is 0 Å². The van der Waals surface area contributed by atoms with Crippen LogP contribution in [-0.4, -0.2) is 31.4 Å². The molecule has 1 aromatic rings. The topological polar surface area (TPSA) is 67.5 Å². The Morgan fingerprint density at radius 2 is 2.06 bits per heavy atom. The summed E-state index contributed by atoms with van der Waals surface area (Å²) in [6.45, 7) is 4.60. The van der Waals surface area contributed by atoms with E-state index in [4.69, 9.17) is 15.6 Å². The first-order chi connectivity index (χ1) is 7.60. The maximum absolute atomic E-state index is 8.83. The number of benzene rings is 1. The number of aliphatic hydroxyl groups is 1. The summed E-state index contributed by atoms with van der Waals surface area (Å²) in [6, 6.07) is 3.65. The van der Waals surface area contributed by atoms with Crippen molar-refractivity contribution in [3.8, 4) is 5.75 Å². The molecule has 0 fully saturated rings. The summed E-state index contributed by atoms with van der Waals surface area (Å²) in [6.07, 6.45) is 0. The molecule has 4 nitrogen and oxygen atoms in total. The predicted molar refractivity (Wildman–Crippen MR) is 66.0 cm³/mol. The number of rotatable bonds is 5. The van der Waals surface area contributed by atoms with Gasteiger partial charge in [0.05, 0.1) is 13.7 Å². The van der Waals surface area contributed by atoms with Gasteiger partial charge < -0.3 is 20.9 Å². The number of hydrogen-bond acceptors (Lipinski definition) is 4. The highest BCUT2D eigenvalue weighted by atomic mass is 16.5. The van der Waals surface area contributed by atoms with Gasteiger partial charge in [0.1, 0.15) is 5.75 Å². The van der Waals surface area contributed by atoms with E-state index in [1.165, 1.54) is 0 Å². The lowest BCUT2D eigenvalue weighted by atomic mass is 10.1. The van der Waals surface area contributed by atoms with Crippen LogP contribution in [0.1, 0.15) is 11.1 Å². The monoisotopic (exact) mass is 224 g/mol. The molecule has 4 N–H and O–H groups in total. The van der Waals surface area contributed by atoms with Crippen molar-refractivity contribution in [2.24, 2.45) is 5.73 Å². The molecule has 1 unspecified atom stereocenters. The van der Waals surface area contributed by atoms with Crippen molar-refractivity contribution < 1.29 is 9.84 Å². The minimum atomic E-state index is -0.234. The van der Waals surface area contributed by atoms with Gasteiger partial charge in [-0.3, -0.25) is 0 Å². The Morgan fingerprint density at radius 3 is 2.62 bits per heavy atom. The molecular formula is C12H20N2O2. The first kappa shape index (κ1) is 12.8. The number of aliphatic hydroxyl groups excluding tert-OH is 1. The van der Waals surface area contributed by atoms with E-state index in [1.54, 1.807) is 7.11 Å². The second-order valence-corrected chi connectivity index (χ2v) is 3.89. The summed E-state index contributed by atoms with van der Waals surface area (Å²) >= 11 is 0. The summed E-state index contributed by atoms with van der Waals surface area (Å²) in [5.74, 6) is 0.884. The van der Waals surface area contributed by atoms with Gasteiger partial charge in [-0.2, -0.15) is 0 Å². The summed E-state index contributed by atoms with van der Waals surface area (Å²) < 4.78 is 5.24. The zero-order chi connectivity index (χ0) is 12.1. The van der Waals surface area contributed by atoms with Gasteiger partial charge >= 0.3 is 0 Å². The third kappa shape index (κ3) is 2.87. The van der Waals surface area contributed by atoms with Crippen LogP contribution in [0.25, 0.3) is 0 Å². The minimum absolute atomic E-state index is 0.0127. The molecule has 0 aromatic heterocycles. The van der Waals surface area contributed by atoms with E-state index in [0.29, 0.717) is 6.54 Å². The van der Waals surface area contributed by atoms with Crippen molar-refractivity contribution in [1.82, 2.24) is 0 Å². The second kappa shape index (κ2) is 5.72. The zero-order valence-corrected chi connectivity index (χ0v) is 10.1. The number of ether oxygens (including phenoxy) is 1. The van der Waals surface area contributed by atoms with E-state index in [0.717, 1.165) is 22.6 Å². The maximum Gasteiger partial charge on any atom is 0.122 e. The normalized spacial score (nSPS) is 12.3. The van der Waals surface area contributed by atoms with E-state index in [-0.39, 0.29) is 12.6 Å². The molecule has 0 amide bonds. The Kier molecular flexibility index (Phi) is 4.58. The molecule has 0 aliphatic rings. The van der Waals surface area contributed by atoms with Gasteiger partial charge in [0, 0.05) is 18.3 Å². The van der Waals surface area contributed by atoms with Crippen LogP contribution in [0.2, 0.25) is 0 Å². The van der Waals surface area contributed by atoms with Crippen LogP contribution in [0, 0.1) is 13.8 Å². The van der Waals surface area contributed by atoms with Gasteiger partial charge in [0.15, 0.2) is 0 Å². The van der Waals surface area contributed by atoms with Gasteiger partial charge in [-0.25, -0.2) is 0 Å². The van der Waals surface area contributed by atoms with Crippen LogP contribution in [0.15, 0.2) is 12.1 Å². The van der Waals surface area contributed by atoms with Crippen molar-refractivity contribution in [2.45, 2.75) is 19.9 Å². The summed E-state index contributed by atoms with van der Waals surface area (Å²) in [5, 5.41) is 12.0. The summed E-state index contributed by atoms with van der Waals surface area (Å²) in [4.78, 5) is 0. The highest BCUT2D eigenvalue weighted by Crippen LogP contribution is 2.26. The fourth-order valence-corrected chi connectivity index (χ4v) is 1.51. The van der Waals surface area contributed by atoms with E-state index in [9.17, 15) is 0 Å². The molecule has 90 valence electrons. The van der Waals surface area contributed by atoms with Crippen molar-refractivity contribution in [2.75, 3.05) is 25.6 Å². The minimum Gasteiger partial charge on any atom is -0.496 e. The smallest absolute Gasteiger partial charge is 0.122 e. The van der Waals surface area contributed by atoms with Crippen LogP contribution >= 0.6 is 0 Å². The molecule has 0 saturated heterocycles. The zero-order valence-electron chi connectivity index (χ0n) is 10.1. The van der Waals surface area contributed by atoms with Crippen molar-refractivity contribution >= 4 is 5.69 Å². The summed E-state index contributed by atoms with van der Waals surface area (Å²) in [7, 11) is 1.66. The fraction of sp³-hybridized carbons (Fsp3) is 0.500. The van der Waals surface area contributed by atoms with Gasteiger partial charge in [-0.15, -0.1) is 0 Å². The number of nitrogens with two attached hydrogens (primary N) is 1. The van der Waals surface area contributed by atoms with Crippen LogP contribution in [0.5, 0.6) is 5.75 Å². The maximum atomic E-state index is 8.83. The molecule has 16 heavy (non-hydrogen) atoms. The largest absolute Gasteiger partial charge is 0.496 e. The Balaban J connectivity index is 2.78. The molecular weight excluding hydrogens is 204 g/mol. The molecule has 0 heterocycles. The molecule has 1 rings (SSSR count). The van der Waals surface area contributed by atoms with Crippen LogP contribution in [-0.2, 0) is 0 Å². The highest BCUT2D eigenvalue weighted by Gasteiger charge is 2.07. The quantitative estimate of drug-likeness (QED) is 0.699. The third-order valence-corrected chi connectivity index (χ3v) is 2.75. The summed E-state index contributed by atoms with van der Waals surface area (Å²) in [5.41, 5.74) is 8.92. The average Bonchev–Trinajstić information content (AvgIpc) is 2.30. The Labute approximate surface area is 96.4 Å². The van der Waals surface area contributed by atoms with Gasteiger partial charge in [0.25, 0.3) is 0 Å². The lowest BCUT2D eigenvalue weighted by Crippen LogP contribution is -2.32. The van der Waals surface area contributed by atoms with E-state index < -0.39 is 0 Å². The van der Waals surface area contributed by atoms with Gasteiger partial charge in [0.2, 0.25) is 0 Å². The van der Waals surface area contributed by atoms with E-state index in [2.05, 4.69) is 5.32 Å². The fourth-order valence-electron chi connectivity index (χ4n) is 1.51. The molecule has 0 aliphatic carbocycles.